The van der Waals surface area contributed by atoms with Gasteiger partial charge in [-0.05, 0) is 60.5 Å². The Morgan fingerprint density at radius 2 is 1.46 bits per heavy atom. The first kappa shape index (κ1) is 16.3. The fourth-order valence-corrected chi connectivity index (χ4v) is 2.63. The first-order valence-corrected chi connectivity index (χ1v) is 8.21. The van der Waals surface area contributed by atoms with Crippen LogP contribution in [0.2, 0.25) is 5.02 Å². The Morgan fingerprint density at radius 3 is 2.17 bits per heavy atom. The van der Waals surface area contributed by atoms with E-state index in [0.717, 1.165) is 27.6 Å². The molecule has 3 aromatic carbocycles. The third-order valence-electron chi connectivity index (χ3n) is 3.66. The average Bonchev–Trinajstić information content (AvgIpc) is 2.62. The lowest BCUT2D eigenvalue weighted by Crippen LogP contribution is -1.92. The normalized spacial score (nSPS) is 12.2. The molecule has 0 aliphatic carbocycles. The number of aliphatic imine (C=N–C) groups is 1. The number of ether oxygens (including phenoxy) is 1. The Hall–Kier alpha value is -2.58. The molecule has 3 rings (SSSR count). The van der Waals surface area contributed by atoms with E-state index in [4.69, 9.17) is 16.3 Å². The van der Waals surface area contributed by atoms with Crippen LogP contribution in [0, 0.1) is 0 Å². The highest BCUT2D eigenvalue weighted by atomic mass is 35.5. The molecule has 0 heterocycles. The molecule has 0 aromatic heterocycles. The maximum absolute atomic E-state index is 6.21. The monoisotopic (exact) mass is 335 g/mol. The zero-order valence-corrected chi connectivity index (χ0v) is 14.1. The van der Waals surface area contributed by atoms with E-state index in [9.17, 15) is 0 Å². The van der Waals surface area contributed by atoms with Crippen molar-refractivity contribution < 1.29 is 4.74 Å². The molecule has 0 saturated carbocycles. The predicted molar refractivity (Wildman–Crippen MR) is 100 cm³/mol. The van der Waals surface area contributed by atoms with Crippen LogP contribution >= 0.6 is 11.6 Å². The highest BCUT2D eigenvalue weighted by molar-refractivity contribution is 6.31. The van der Waals surface area contributed by atoms with Gasteiger partial charge >= 0.3 is 0 Å². The lowest BCUT2D eigenvalue weighted by atomic mass is 10.1. The summed E-state index contributed by atoms with van der Waals surface area (Å²) < 4.78 is 5.78. The summed E-state index contributed by atoms with van der Waals surface area (Å²) in [7, 11) is 0. The van der Waals surface area contributed by atoms with Gasteiger partial charge in [-0.25, -0.2) is 0 Å². The first-order valence-electron chi connectivity index (χ1n) is 7.83. The number of nitrogens with zero attached hydrogens (tertiary/aromatic N) is 1. The van der Waals surface area contributed by atoms with Crippen molar-refractivity contribution >= 4 is 17.8 Å². The second-order valence-corrected chi connectivity index (χ2v) is 5.87. The number of para-hydroxylation sites is 1. The Morgan fingerprint density at radius 1 is 0.833 bits per heavy atom. The summed E-state index contributed by atoms with van der Waals surface area (Å²) in [5.74, 6) is 1.63. The SMILES string of the molecule is CC(N=Cc1ccc(Oc2ccccc2)cc1)c1ccccc1Cl. The smallest absolute Gasteiger partial charge is 0.127 e. The molecular formula is C21H18ClNO. The van der Waals surface area contributed by atoms with Gasteiger partial charge in [0, 0.05) is 11.2 Å². The predicted octanol–water partition coefficient (Wildman–Crippen LogP) is 6.31. The largest absolute Gasteiger partial charge is 0.457 e. The molecule has 0 spiro atoms. The lowest BCUT2D eigenvalue weighted by Gasteiger charge is -2.08. The summed E-state index contributed by atoms with van der Waals surface area (Å²) in [5, 5.41) is 0.744. The second kappa shape index (κ2) is 7.80. The molecule has 3 heteroatoms. The van der Waals surface area contributed by atoms with E-state index in [1.54, 1.807) is 0 Å². The van der Waals surface area contributed by atoms with Crippen molar-refractivity contribution in [2.75, 3.05) is 0 Å². The highest BCUT2D eigenvalue weighted by Gasteiger charge is 2.06. The number of halogens is 1. The maximum Gasteiger partial charge on any atom is 0.127 e. The minimum absolute atomic E-state index is 0.0129. The molecule has 0 N–H and O–H groups in total. The van der Waals surface area contributed by atoms with Crippen LogP contribution in [0.25, 0.3) is 0 Å². The fourth-order valence-electron chi connectivity index (χ4n) is 2.34. The molecule has 2 nitrogen and oxygen atoms in total. The quantitative estimate of drug-likeness (QED) is 0.500. The van der Waals surface area contributed by atoms with Crippen LogP contribution in [0.3, 0.4) is 0 Å². The third kappa shape index (κ3) is 4.24. The number of benzene rings is 3. The Bertz CT molecular complexity index is 813. The third-order valence-corrected chi connectivity index (χ3v) is 4.01. The van der Waals surface area contributed by atoms with Gasteiger partial charge in [0.15, 0.2) is 0 Å². The van der Waals surface area contributed by atoms with Crippen molar-refractivity contribution in [1.82, 2.24) is 0 Å². The lowest BCUT2D eigenvalue weighted by molar-refractivity contribution is 0.482. The Balaban J connectivity index is 1.66. The van der Waals surface area contributed by atoms with Gasteiger partial charge in [0.1, 0.15) is 11.5 Å². The molecule has 0 aliphatic heterocycles. The summed E-state index contributed by atoms with van der Waals surface area (Å²) >= 11 is 6.21. The van der Waals surface area contributed by atoms with Crippen molar-refractivity contribution in [3.63, 3.8) is 0 Å². The molecule has 0 aliphatic rings. The number of rotatable bonds is 5. The van der Waals surface area contributed by atoms with Gasteiger partial charge in [-0.2, -0.15) is 0 Å². The molecule has 120 valence electrons. The van der Waals surface area contributed by atoms with Crippen molar-refractivity contribution in [3.05, 3.63) is 95.0 Å². The van der Waals surface area contributed by atoms with E-state index in [2.05, 4.69) is 4.99 Å². The van der Waals surface area contributed by atoms with Gasteiger partial charge in [0.25, 0.3) is 0 Å². The minimum Gasteiger partial charge on any atom is -0.457 e. The fraction of sp³-hybridized carbons (Fsp3) is 0.0952. The van der Waals surface area contributed by atoms with Crippen LogP contribution in [0.5, 0.6) is 11.5 Å². The van der Waals surface area contributed by atoms with Crippen LogP contribution in [0.4, 0.5) is 0 Å². The van der Waals surface area contributed by atoms with E-state index < -0.39 is 0 Å². The summed E-state index contributed by atoms with van der Waals surface area (Å²) in [5.41, 5.74) is 2.05. The molecule has 1 atom stereocenters. The molecular weight excluding hydrogens is 318 g/mol. The zero-order valence-electron chi connectivity index (χ0n) is 13.4. The van der Waals surface area contributed by atoms with E-state index in [1.165, 1.54) is 0 Å². The summed E-state index contributed by atoms with van der Waals surface area (Å²) in [4.78, 5) is 4.59. The van der Waals surface area contributed by atoms with E-state index in [-0.39, 0.29) is 6.04 Å². The van der Waals surface area contributed by atoms with Crippen molar-refractivity contribution in [1.29, 1.82) is 0 Å². The summed E-state index contributed by atoms with van der Waals surface area (Å²) in [6.45, 7) is 2.03. The van der Waals surface area contributed by atoms with Crippen LogP contribution in [-0.4, -0.2) is 6.21 Å². The maximum atomic E-state index is 6.21. The van der Waals surface area contributed by atoms with Gasteiger partial charge in [-0.15, -0.1) is 0 Å². The van der Waals surface area contributed by atoms with Gasteiger partial charge in [-0.1, -0.05) is 48.0 Å². The molecule has 3 aromatic rings. The molecule has 24 heavy (non-hydrogen) atoms. The molecule has 0 radical (unpaired) electrons. The zero-order chi connectivity index (χ0) is 16.8. The number of hydrogen-bond acceptors (Lipinski definition) is 2. The minimum atomic E-state index is 0.0129. The summed E-state index contributed by atoms with van der Waals surface area (Å²) in [6, 6.07) is 25.4. The van der Waals surface area contributed by atoms with Crippen LogP contribution in [-0.2, 0) is 0 Å². The van der Waals surface area contributed by atoms with Gasteiger partial charge in [0.05, 0.1) is 6.04 Å². The summed E-state index contributed by atoms with van der Waals surface area (Å²) in [6.07, 6.45) is 1.86. The van der Waals surface area contributed by atoms with E-state index in [0.29, 0.717) is 0 Å². The first-order chi connectivity index (χ1) is 11.7. The van der Waals surface area contributed by atoms with Crippen LogP contribution in [0.1, 0.15) is 24.1 Å². The van der Waals surface area contributed by atoms with E-state index in [1.807, 2.05) is 92.0 Å². The number of hydrogen-bond donors (Lipinski definition) is 0. The molecule has 0 saturated heterocycles. The highest BCUT2D eigenvalue weighted by Crippen LogP contribution is 2.25. The molecule has 0 fully saturated rings. The van der Waals surface area contributed by atoms with Gasteiger partial charge < -0.3 is 4.74 Å². The van der Waals surface area contributed by atoms with Crippen molar-refractivity contribution in [2.45, 2.75) is 13.0 Å². The molecule has 1 unspecified atom stereocenters. The Kier molecular flexibility index (Phi) is 5.29. The standard InChI is InChI=1S/C21H18ClNO/c1-16(20-9-5-6-10-21(20)22)23-15-17-11-13-19(14-12-17)24-18-7-3-2-4-8-18/h2-16H,1H3. The van der Waals surface area contributed by atoms with Gasteiger partial charge in [-0.3, -0.25) is 4.99 Å². The molecule has 0 amide bonds. The van der Waals surface area contributed by atoms with E-state index >= 15 is 0 Å². The average molecular weight is 336 g/mol. The topological polar surface area (TPSA) is 21.6 Å². The van der Waals surface area contributed by atoms with Crippen LogP contribution < -0.4 is 4.74 Å². The Labute approximate surface area is 147 Å². The van der Waals surface area contributed by atoms with Crippen molar-refractivity contribution in [3.8, 4) is 11.5 Å². The molecule has 0 bridgehead atoms. The van der Waals surface area contributed by atoms with Crippen molar-refractivity contribution in [2.24, 2.45) is 4.99 Å². The van der Waals surface area contributed by atoms with Crippen LogP contribution in [0.15, 0.2) is 83.9 Å². The van der Waals surface area contributed by atoms with Gasteiger partial charge in [0.2, 0.25) is 0 Å². The second-order valence-electron chi connectivity index (χ2n) is 5.46.